The first-order chi connectivity index (χ1) is 14.8. The van der Waals surface area contributed by atoms with Crippen LogP contribution in [0.2, 0.25) is 0 Å². The number of esters is 1. The molecule has 0 aromatic carbocycles. The van der Waals surface area contributed by atoms with E-state index in [1.807, 2.05) is 13.8 Å². The number of anilines is 1. The molecule has 4 heterocycles. The average Bonchev–Trinajstić information content (AvgIpc) is 3.37. The van der Waals surface area contributed by atoms with Crippen molar-refractivity contribution in [3.8, 4) is 0 Å². The lowest BCUT2D eigenvalue weighted by Crippen LogP contribution is -2.44. The van der Waals surface area contributed by atoms with Crippen molar-refractivity contribution < 1.29 is 17.9 Å². The molecule has 11 heteroatoms. The van der Waals surface area contributed by atoms with Crippen molar-refractivity contribution in [3.05, 3.63) is 33.8 Å². The van der Waals surface area contributed by atoms with Gasteiger partial charge in [0, 0.05) is 19.1 Å². The molecule has 0 radical (unpaired) electrons. The Hall–Kier alpha value is -2.08. The molecule has 1 N–H and O–H groups in total. The summed E-state index contributed by atoms with van der Waals surface area (Å²) in [5.74, 6) is 1.10. The van der Waals surface area contributed by atoms with E-state index in [1.54, 1.807) is 24.4 Å². The zero-order chi connectivity index (χ0) is 22.2. The maximum absolute atomic E-state index is 12.5. The van der Waals surface area contributed by atoms with E-state index < -0.39 is 10.0 Å². The summed E-state index contributed by atoms with van der Waals surface area (Å²) < 4.78 is 33.4. The Morgan fingerprint density at radius 2 is 2.03 bits per heavy atom. The van der Waals surface area contributed by atoms with Gasteiger partial charge in [0.2, 0.25) is 10.0 Å². The van der Waals surface area contributed by atoms with Crippen LogP contribution in [-0.4, -0.2) is 50.1 Å². The van der Waals surface area contributed by atoms with E-state index >= 15 is 0 Å². The van der Waals surface area contributed by atoms with Crippen molar-refractivity contribution in [1.29, 1.82) is 0 Å². The second kappa shape index (κ2) is 8.81. The van der Waals surface area contributed by atoms with Crippen LogP contribution in [0.5, 0.6) is 0 Å². The molecule has 3 aromatic rings. The number of hydrogen-bond donors (Lipinski definition) is 1. The molecule has 0 bridgehead atoms. The average molecular weight is 481 g/mol. The largest absolute Gasteiger partial charge is 0.462 e. The highest BCUT2D eigenvalue weighted by molar-refractivity contribution is 7.91. The normalized spacial score (nSPS) is 15.5. The van der Waals surface area contributed by atoms with Gasteiger partial charge in [0.1, 0.15) is 25.6 Å². The number of nitrogens with one attached hydrogen (secondary N) is 1. The minimum Gasteiger partial charge on any atom is -0.462 e. The van der Waals surface area contributed by atoms with Crippen molar-refractivity contribution in [2.75, 3.05) is 24.6 Å². The van der Waals surface area contributed by atoms with Gasteiger partial charge in [-0.1, -0.05) is 6.07 Å². The maximum atomic E-state index is 12.5. The molecule has 1 saturated heterocycles. The summed E-state index contributed by atoms with van der Waals surface area (Å²) in [5, 5.41) is 2.63. The molecule has 0 aliphatic carbocycles. The van der Waals surface area contributed by atoms with Gasteiger partial charge in [-0.25, -0.2) is 27.9 Å². The van der Waals surface area contributed by atoms with Crippen molar-refractivity contribution in [3.63, 3.8) is 0 Å². The number of carbonyl (C=O) groups is 1. The fraction of sp³-hybridized carbons (Fsp3) is 0.450. The second-order valence-electron chi connectivity index (χ2n) is 7.37. The quantitative estimate of drug-likeness (QED) is 0.539. The molecule has 166 valence electrons. The maximum Gasteiger partial charge on any atom is 0.348 e. The van der Waals surface area contributed by atoms with E-state index in [9.17, 15) is 13.2 Å². The van der Waals surface area contributed by atoms with Gasteiger partial charge >= 0.3 is 5.97 Å². The number of hydrogen-bond acceptors (Lipinski definition) is 9. The lowest BCUT2D eigenvalue weighted by Gasteiger charge is -2.33. The number of thiophene rings is 2. The van der Waals surface area contributed by atoms with E-state index in [0.29, 0.717) is 47.4 Å². The first kappa shape index (κ1) is 22.1. The van der Waals surface area contributed by atoms with Gasteiger partial charge in [0.05, 0.1) is 12.0 Å². The number of carbonyl (C=O) groups excluding carboxylic acids is 1. The summed E-state index contributed by atoms with van der Waals surface area (Å²) in [6.07, 6.45) is 1.34. The third-order valence-electron chi connectivity index (χ3n) is 5.22. The van der Waals surface area contributed by atoms with E-state index in [-0.39, 0.29) is 12.0 Å². The fourth-order valence-electron chi connectivity index (χ4n) is 3.74. The molecular formula is C20H24N4O4S3. The lowest BCUT2D eigenvalue weighted by atomic mass is 10.1. The molecule has 8 nitrogen and oxygen atoms in total. The Bertz CT molecular complexity index is 1200. The topological polar surface area (TPSA) is 101 Å². The Morgan fingerprint density at radius 1 is 1.29 bits per heavy atom. The molecule has 1 fully saturated rings. The van der Waals surface area contributed by atoms with E-state index in [4.69, 9.17) is 4.74 Å². The minimum absolute atomic E-state index is 0.125. The van der Waals surface area contributed by atoms with Crippen molar-refractivity contribution in [2.45, 2.75) is 43.9 Å². The number of fused-ring (bicyclic) bond motifs is 1. The van der Waals surface area contributed by atoms with Crippen LogP contribution in [0, 0.1) is 13.8 Å². The number of ether oxygens (including phenoxy) is 1. The predicted molar refractivity (Wildman–Crippen MR) is 123 cm³/mol. The third kappa shape index (κ3) is 4.45. The highest BCUT2D eigenvalue weighted by Crippen LogP contribution is 2.36. The van der Waals surface area contributed by atoms with Crippen molar-refractivity contribution in [2.24, 2.45) is 0 Å². The van der Waals surface area contributed by atoms with Crippen LogP contribution in [0.25, 0.3) is 10.2 Å². The van der Waals surface area contributed by atoms with Gasteiger partial charge in [0.15, 0.2) is 0 Å². The second-order valence-corrected chi connectivity index (χ2v) is 11.3. The highest BCUT2D eigenvalue weighted by Gasteiger charge is 2.28. The van der Waals surface area contributed by atoms with E-state index in [1.165, 1.54) is 22.7 Å². The molecule has 0 saturated carbocycles. The summed E-state index contributed by atoms with van der Waals surface area (Å²) in [5.41, 5.74) is 0.828. The van der Waals surface area contributed by atoms with Crippen LogP contribution in [0.3, 0.4) is 0 Å². The molecular weight excluding hydrogens is 456 g/mol. The summed E-state index contributed by atoms with van der Waals surface area (Å²) in [6, 6.07) is 3.22. The van der Waals surface area contributed by atoms with Crippen molar-refractivity contribution >= 4 is 54.7 Å². The molecule has 4 rings (SSSR count). The van der Waals surface area contributed by atoms with Gasteiger partial charge in [-0.05, 0) is 50.6 Å². The zero-order valence-corrected chi connectivity index (χ0v) is 20.0. The lowest BCUT2D eigenvalue weighted by molar-refractivity contribution is 0.0531. The third-order valence-corrected chi connectivity index (χ3v) is 9.30. The highest BCUT2D eigenvalue weighted by atomic mass is 32.2. The Labute approximate surface area is 189 Å². The van der Waals surface area contributed by atoms with Gasteiger partial charge in [-0.2, -0.15) is 0 Å². The number of piperidine rings is 1. The number of aromatic nitrogens is 2. The molecule has 0 amide bonds. The molecule has 1 aliphatic heterocycles. The standard InChI is InChI=1S/C20H24N4O4S3/c1-4-28-20(25)17-12(2)16-18(21-13(3)22-19(16)30-17)24-9-7-14(8-10-24)23-31(26,27)15-6-5-11-29-15/h5-6,11,14,23H,4,7-10H2,1-3H3. The smallest absolute Gasteiger partial charge is 0.348 e. The first-order valence-electron chi connectivity index (χ1n) is 10.1. The van der Waals surface area contributed by atoms with Gasteiger partial charge in [-0.15, -0.1) is 22.7 Å². The summed E-state index contributed by atoms with van der Waals surface area (Å²) in [7, 11) is -3.48. The molecule has 3 aromatic heterocycles. The molecule has 0 atom stereocenters. The van der Waals surface area contributed by atoms with Crippen LogP contribution in [0.1, 0.15) is 40.8 Å². The summed E-state index contributed by atoms with van der Waals surface area (Å²) in [6.45, 7) is 7.16. The number of nitrogens with zero attached hydrogens (tertiary/aromatic N) is 3. The Kier molecular flexibility index (Phi) is 6.29. The summed E-state index contributed by atoms with van der Waals surface area (Å²) >= 11 is 2.54. The molecule has 31 heavy (non-hydrogen) atoms. The number of aryl methyl sites for hydroxylation is 2. The SMILES string of the molecule is CCOC(=O)c1sc2nc(C)nc(N3CCC(NS(=O)(=O)c4cccs4)CC3)c2c1C. The van der Waals surface area contributed by atoms with Gasteiger partial charge < -0.3 is 9.64 Å². The first-order valence-corrected chi connectivity index (χ1v) is 13.2. The number of rotatable bonds is 6. The van der Waals surface area contributed by atoms with Crippen LogP contribution in [-0.2, 0) is 14.8 Å². The van der Waals surface area contributed by atoms with Gasteiger partial charge in [-0.3, -0.25) is 0 Å². The van der Waals surface area contributed by atoms with Gasteiger partial charge in [0.25, 0.3) is 0 Å². The fourth-order valence-corrected chi connectivity index (χ4v) is 7.17. The zero-order valence-electron chi connectivity index (χ0n) is 17.5. The monoisotopic (exact) mass is 480 g/mol. The Balaban J connectivity index is 1.55. The van der Waals surface area contributed by atoms with Crippen molar-refractivity contribution in [1.82, 2.24) is 14.7 Å². The predicted octanol–water partition coefficient (Wildman–Crippen LogP) is 3.49. The van der Waals surface area contributed by atoms with Crippen LogP contribution < -0.4 is 9.62 Å². The minimum atomic E-state index is -3.48. The molecule has 0 unspecified atom stereocenters. The molecule has 1 aliphatic rings. The van der Waals surface area contributed by atoms with Crippen LogP contribution in [0.15, 0.2) is 21.7 Å². The van der Waals surface area contributed by atoms with Crippen LogP contribution in [0.4, 0.5) is 5.82 Å². The summed E-state index contributed by atoms with van der Waals surface area (Å²) in [4.78, 5) is 25.0. The van der Waals surface area contributed by atoms with E-state index in [2.05, 4.69) is 19.6 Å². The number of sulfonamides is 1. The molecule has 0 spiro atoms. The van der Waals surface area contributed by atoms with Crippen LogP contribution >= 0.6 is 22.7 Å². The Morgan fingerprint density at radius 3 is 2.68 bits per heavy atom. The van der Waals surface area contributed by atoms with E-state index in [0.717, 1.165) is 21.6 Å².